The lowest BCUT2D eigenvalue weighted by atomic mass is 10.2. The monoisotopic (exact) mass is 276 g/mol. The van der Waals surface area contributed by atoms with Crippen LogP contribution in [0.4, 0.5) is 0 Å². The van der Waals surface area contributed by atoms with Crippen molar-refractivity contribution in [2.24, 2.45) is 0 Å². The molecule has 0 bridgehead atoms. The van der Waals surface area contributed by atoms with Crippen LogP contribution in [0.2, 0.25) is 0 Å². The highest BCUT2D eigenvalue weighted by molar-refractivity contribution is 7.94. The van der Waals surface area contributed by atoms with Crippen LogP contribution in [0.25, 0.3) is 0 Å². The van der Waals surface area contributed by atoms with E-state index < -0.39 is 21.1 Å². The molecule has 17 heavy (non-hydrogen) atoms. The molecule has 0 spiro atoms. The minimum atomic E-state index is -3.60. The topological polar surface area (TPSA) is 60.4 Å². The zero-order chi connectivity index (χ0) is 12.9. The quantitative estimate of drug-likeness (QED) is 0.748. The number of hydrogen-bond donors (Lipinski definition) is 0. The SMILES string of the molecule is CCCC(C(=O)OCC)S(=O)(=O)c1cccs1. The lowest BCUT2D eigenvalue weighted by Crippen LogP contribution is -2.31. The molecule has 96 valence electrons. The third kappa shape index (κ3) is 3.29. The Labute approximate surface area is 106 Å². The molecule has 0 aromatic carbocycles. The molecule has 0 aliphatic rings. The fourth-order valence-corrected chi connectivity index (χ4v) is 4.38. The van der Waals surface area contributed by atoms with Crippen LogP contribution in [-0.2, 0) is 19.4 Å². The summed E-state index contributed by atoms with van der Waals surface area (Å²) in [7, 11) is -3.60. The summed E-state index contributed by atoms with van der Waals surface area (Å²) >= 11 is 1.12. The van der Waals surface area contributed by atoms with Gasteiger partial charge in [0.05, 0.1) is 6.61 Å². The molecule has 0 N–H and O–H groups in total. The second kappa shape index (κ2) is 6.16. The van der Waals surface area contributed by atoms with Crippen molar-refractivity contribution in [3.05, 3.63) is 17.5 Å². The number of carbonyl (C=O) groups is 1. The van der Waals surface area contributed by atoms with Gasteiger partial charge in [0.2, 0.25) is 9.84 Å². The second-order valence-electron chi connectivity index (χ2n) is 3.51. The summed E-state index contributed by atoms with van der Waals surface area (Å²) in [6.07, 6.45) is 0.910. The summed E-state index contributed by atoms with van der Waals surface area (Å²) in [6.45, 7) is 3.70. The molecule has 0 aliphatic heterocycles. The third-order valence-electron chi connectivity index (χ3n) is 2.25. The molecule has 1 aromatic heterocycles. The minimum Gasteiger partial charge on any atom is -0.465 e. The first kappa shape index (κ1) is 14.2. The molecule has 0 saturated carbocycles. The normalized spacial score (nSPS) is 13.3. The van der Waals surface area contributed by atoms with Gasteiger partial charge in [0.1, 0.15) is 4.21 Å². The van der Waals surface area contributed by atoms with Gasteiger partial charge in [0.25, 0.3) is 0 Å². The van der Waals surface area contributed by atoms with E-state index >= 15 is 0 Å². The van der Waals surface area contributed by atoms with Gasteiger partial charge in [-0.3, -0.25) is 4.79 Å². The largest absolute Gasteiger partial charge is 0.465 e. The predicted molar refractivity (Wildman–Crippen MR) is 66.8 cm³/mol. The maximum absolute atomic E-state index is 12.2. The maximum Gasteiger partial charge on any atom is 0.324 e. The van der Waals surface area contributed by atoms with Crippen molar-refractivity contribution in [3.8, 4) is 0 Å². The number of hydrogen-bond acceptors (Lipinski definition) is 5. The molecule has 0 fully saturated rings. The van der Waals surface area contributed by atoms with Crippen LogP contribution >= 0.6 is 11.3 Å². The van der Waals surface area contributed by atoms with E-state index in [2.05, 4.69) is 0 Å². The number of carbonyl (C=O) groups excluding carboxylic acids is 1. The molecule has 0 aliphatic carbocycles. The van der Waals surface area contributed by atoms with Crippen LogP contribution in [0.1, 0.15) is 26.7 Å². The molecule has 0 amide bonds. The Hall–Kier alpha value is -0.880. The van der Waals surface area contributed by atoms with Crippen LogP contribution in [0.3, 0.4) is 0 Å². The number of ether oxygens (including phenoxy) is 1. The second-order valence-corrected chi connectivity index (χ2v) is 6.81. The molecule has 1 rings (SSSR count). The van der Waals surface area contributed by atoms with Crippen LogP contribution in [0, 0.1) is 0 Å². The standard InChI is InChI=1S/C11H16O4S2/c1-3-6-9(11(12)15-4-2)17(13,14)10-7-5-8-16-10/h5,7-9H,3-4,6H2,1-2H3. The van der Waals surface area contributed by atoms with Gasteiger partial charge in [-0.15, -0.1) is 11.3 Å². The molecule has 1 atom stereocenters. The average Bonchev–Trinajstić information content (AvgIpc) is 2.79. The molecule has 4 nitrogen and oxygen atoms in total. The summed E-state index contributed by atoms with van der Waals surface area (Å²) in [6, 6.07) is 3.17. The Balaban J connectivity index is 3.02. The van der Waals surface area contributed by atoms with Gasteiger partial charge in [-0.1, -0.05) is 19.4 Å². The summed E-state index contributed by atoms with van der Waals surface area (Å²) < 4.78 is 29.5. The molecular weight excluding hydrogens is 260 g/mol. The van der Waals surface area contributed by atoms with E-state index in [4.69, 9.17) is 4.74 Å². The number of esters is 1. The van der Waals surface area contributed by atoms with E-state index in [9.17, 15) is 13.2 Å². The van der Waals surface area contributed by atoms with Crippen LogP contribution in [0.15, 0.2) is 21.7 Å². The summed E-state index contributed by atoms with van der Waals surface area (Å²) in [5, 5.41) is 0.604. The lowest BCUT2D eigenvalue weighted by Gasteiger charge is -2.14. The van der Waals surface area contributed by atoms with E-state index in [-0.39, 0.29) is 10.8 Å². The predicted octanol–water partition coefficient (Wildman–Crippen LogP) is 2.25. The van der Waals surface area contributed by atoms with Gasteiger partial charge in [-0.05, 0) is 24.8 Å². The fourth-order valence-electron chi connectivity index (χ4n) is 1.46. The van der Waals surface area contributed by atoms with Gasteiger partial charge in [-0.25, -0.2) is 8.42 Å². The minimum absolute atomic E-state index is 0.193. The Kier molecular flexibility index (Phi) is 5.14. The van der Waals surface area contributed by atoms with Gasteiger partial charge >= 0.3 is 5.97 Å². The van der Waals surface area contributed by atoms with Crippen molar-refractivity contribution >= 4 is 27.1 Å². The van der Waals surface area contributed by atoms with E-state index in [1.807, 2.05) is 6.92 Å². The van der Waals surface area contributed by atoms with Crippen molar-refractivity contribution in [2.75, 3.05) is 6.61 Å². The summed E-state index contributed by atoms with van der Waals surface area (Å²) in [4.78, 5) is 11.7. The smallest absolute Gasteiger partial charge is 0.324 e. The lowest BCUT2D eigenvalue weighted by molar-refractivity contribution is -0.142. The van der Waals surface area contributed by atoms with Crippen molar-refractivity contribution in [1.82, 2.24) is 0 Å². The first-order valence-corrected chi connectivity index (χ1v) is 7.90. The van der Waals surface area contributed by atoms with E-state index in [0.29, 0.717) is 12.8 Å². The van der Waals surface area contributed by atoms with E-state index in [0.717, 1.165) is 11.3 Å². The zero-order valence-electron chi connectivity index (χ0n) is 9.88. The highest BCUT2D eigenvalue weighted by Gasteiger charge is 2.35. The van der Waals surface area contributed by atoms with Gasteiger partial charge in [0.15, 0.2) is 5.25 Å². The van der Waals surface area contributed by atoms with Crippen molar-refractivity contribution < 1.29 is 17.9 Å². The van der Waals surface area contributed by atoms with Crippen LogP contribution in [0.5, 0.6) is 0 Å². The van der Waals surface area contributed by atoms with Crippen LogP contribution < -0.4 is 0 Å². The van der Waals surface area contributed by atoms with Crippen molar-refractivity contribution in [2.45, 2.75) is 36.1 Å². The van der Waals surface area contributed by atoms with Crippen molar-refractivity contribution in [1.29, 1.82) is 0 Å². The highest BCUT2D eigenvalue weighted by Crippen LogP contribution is 2.24. The van der Waals surface area contributed by atoms with Gasteiger partial charge in [0, 0.05) is 0 Å². The van der Waals surface area contributed by atoms with Gasteiger partial charge in [-0.2, -0.15) is 0 Å². The number of thiophene rings is 1. The highest BCUT2D eigenvalue weighted by atomic mass is 32.2. The first-order valence-electron chi connectivity index (χ1n) is 5.48. The molecule has 6 heteroatoms. The Bertz CT molecular complexity index is 448. The Morgan fingerprint density at radius 2 is 2.18 bits per heavy atom. The van der Waals surface area contributed by atoms with Crippen molar-refractivity contribution in [3.63, 3.8) is 0 Å². The first-order chi connectivity index (χ1) is 8.04. The molecule has 1 aromatic rings. The zero-order valence-corrected chi connectivity index (χ0v) is 11.5. The Morgan fingerprint density at radius 1 is 1.47 bits per heavy atom. The maximum atomic E-state index is 12.2. The third-order valence-corrected chi connectivity index (χ3v) is 5.77. The van der Waals surface area contributed by atoms with Gasteiger partial charge < -0.3 is 4.74 Å². The number of sulfone groups is 1. The molecule has 0 saturated heterocycles. The number of rotatable bonds is 6. The Morgan fingerprint density at radius 3 is 2.65 bits per heavy atom. The van der Waals surface area contributed by atoms with E-state index in [1.165, 1.54) is 6.07 Å². The van der Waals surface area contributed by atoms with Crippen LogP contribution in [-0.4, -0.2) is 26.2 Å². The van der Waals surface area contributed by atoms with E-state index in [1.54, 1.807) is 18.4 Å². The fraction of sp³-hybridized carbons (Fsp3) is 0.545. The molecule has 0 radical (unpaired) electrons. The summed E-state index contributed by atoms with van der Waals surface area (Å²) in [5.41, 5.74) is 0. The average molecular weight is 276 g/mol. The molecule has 1 unspecified atom stereocenters. The molecule has 1 heterocycles. The summed E-state index contributed by atoms with van der Waals surface area (Å²) in [5.74, 6) is -0.650. The molecular formula is C11H16O4S2.